The second-order valence-corrected chi connectivity index (χ2v) is 7.42. The van der Waals surface area contributed by atoms with Crippen LogP contribution >= 0.6 is 11.3 Å². The molecule has 0 saturated heterocycles. The molecule has 0 unspecified atom stereocenters. The minimum absolute atomic E-state index is 0.0997. The molecule has 1 aliphatic heterocycles. The first-order chi connectivity index (χ1) is 12.9. The van der Waals surface area contributed by atoms with Gasteiger partial charge in [0.15, 0.2) is 5.13 Å². The molecule has 0 bridgehead atoms. The molecule has 3 rings (SSSR count). The molecule has 0 fully saturated rings. The molecule has 0 atom stereocenters. The summed E-state index contributed by atoms with van der Waals surface area (Å²) in [5.41, 5.74) is 2.36. The Balaban J connectivity index is 1.53. The Kier molecular flexibility index (Phi) is 5.82. The van der Waals surface area contributed by atoms with Gasteiger partial charge in [-0.05, 0) is 24.3 Å². The smallest absolute Gasteiger partial charge is 0.238 e. The highest BCUT2D eigenvalue weighted by molar-refractivity contribution is 7.15. The molecular formula is C18H21N5O3S. The number of benzene rings is 1. The van der Waals surface area contributed by atoms with Gasteiger partial charge in [0.1, 0.15) is 0 Å². The van der Waals surface area contributed by atoms with Crippen LogP contribution in [0.3, 0.4) is 0 Å². The molecule has 0 saturated carbocycles. The summed E-state index contributed by atoms with van der Waals surface area (Å²) in [5.74, 6) is -0.375. The highest BCUT2D eigenvalue weighted by Gasteiger charge is 2.22. The lowest BCUT2D eigenvalue weighted by Gasteiger charge is -2.25. The van der Waals surface area contributed by atoms with E-state index in [1.54, 1.807) is 24.3 Å². The van der Waals surface area contributed by atoms with Gasteiger partial charge < -0.3 is 16.0 Å². The zero-order valence-corrected chi connectivity index (χ0v) is 16.0. The van der Waals surface area contributed by atoms with Gasteiger partial charge in [0.2, 0.25) is 17.7 Å². The number of rotatable bonds is 5. The number of anilines is 3. The van der Waals surface area contributed by atoms with Crippen LogP contribution in [0.2, 0.25) is 0 Å². The zero-order chi connectivity index (χ0) is 19.4. The molecule has 0 radical (unpaired) electrons. The molecule has 3 N–H and O–H groups in total. The lowest BCUT2D eigenvalue weighted by Crippen LogP contribution is -2.36. The second-order valence-electron chi connectivity index (χ2n) is 6.34. The largest absolute Gasteiger partial charge is 0.326 e. The van der Waals surface area contributed by atoms with Gasteiger partial charge in [0.05, 0.1) is 12.2 Å². The first-order valence-electron chi connectivity index (χ1n) is 8.55. The number of nitrogens with zero attached hydrogens (tertiary/aromatic N) is 2. The van der Waals surface area contributed by atoms with Gasteiger partial charge in [-0.3, -0.25) is 19.3 Å². The molecule has 3 amide bonds. The van der Waals surface area contributed by atoms with Gasteiger partial charge in [-0.1, -0.05) is 0 Å². The average Bonchev–Trinajstić information content (AvgIpc) is 2.96. The predicted octanol–water partition coefficient (Wildman–Crippen LogP) is 2.06. The van der Waals surface area contributed by atoms with E-state index in [9.17, 15) is 14.4 Å². The molecule has 0 spiro atoms. The lowest BCUT2D eigenvalue weighted by molar-refractivity contribution is -0.117. The van der Waals surface area contributed by atoms with E-state index in [0.717, 1.165) is 23.5 Å². The van der Waals surface area contributed by atoms with Crippen LogP contribution in [-0.2, 0) is 27.3 Å². The maximum absolute atomic E-state index is 12.3. The van der Waals surface area contributed by atoms with Crippen molar-refractivity contribution in [1.82, 2.24) is 9.88 Å². The van der Waals surface area contributed by atoms with Gasteiger partial charge in [0, 0.05) is 49.6 Å². The Morgan fingerprint density at radius 1 is 1.04 bits per heavy atom. The van der Waals surface area contributed by atoms with Crippen molar-refractivity contribution in [3.63, 3.8) is 0 Å². The van der Waals surface area contributed by atoms with Crippen LogP contribution in [0, 0.1) is 0 Å². The fourth-order valence-electron chi connectivity index (χ4n) is 2.83. The number of amides is 3. The molecule has 0 aliphatic carbocycles. The third-order valence-electron chi connectivity index (χ3n) is 3.95. The normalized spacial score (nSPS) is 13.6. The topological polar surface area (TPSA) is 103 Å². The molecule has 1 aromatic heterocycles. The summed E-state index contributed by atoms with van der Waals surface area (Å²) in [7, 11) is 0. The monoisotopic (exact) mass is 387 g/mol. The summed E-state index contributed by atoms with van der Waals surface area (Å²) >= 11 is 1.45. The summed E-state index contributed by atoms with van der Waals surface area (Å²) in [6.07, 6.45) is 0.754. The van der Waals surface area contributed by atoms with Crippen molar-refractivity contribution in [2.75, 3.05) is 29.0 Å². The van der Waals surface area contributed by atoms with Crippen molar-refractivity contribution in [2.24, 2.45) is 0 Å². The Hall–Kier alpha value is -2.78. The maximum Gasteiger partial charge on any atom is 0.238 e. The van der Waals surface area contributed by atoms with E-state index in [1.165, 1.54) is 25.2 Å². The van der Waals surface area contributed by atoms with Crippen molar-refractivity contribution < 1.29 is 14.4 Å². The van der Waals surface area contributed by atoms with Gasteiger partial charge in [-0.15, -0.1) is 11.3 Å². The number of aromatic nitrogens is 1. The fourth-order valence-corrected chi connectivity index (χ4v) is 3.93. The first kappa shape index (κ1) is 19.0. The number of thiazole rings is 1. The lowest BCUT2D eigenvalue weighted by atomic mass is 10.2. The highest BCUT2D eigenvalue weighted by Crippen LogP contribution is 2.28. The van der Waals surface area contributed by atoms with Gasteiger partial charge >= 0.3 is 0 Å². The summed E-state index contributed by atoms with van der Waals surface area (Å²) in [6.45, 7) is 4.56. The van der Waals surface area contributed by atoms with Crippen LogP contribution in [0.4, 0.5) is 16.5 Å². The third kappa shape index (κ3) is 5.35. The zero-order valence-electron chi connectivity index (χ0n) is 15.2. The molecule has 8 nitrogen and oxygen atoms in total. The number of nitrogens with one attached hydrogen (secondary N) is 3. The van der Waals surface area contributed by atoms with Crippen LogP contribution < -0.4 is 16.0 Å². The standard InChI is InChI=1S/C18H21N5O3S/c1-11(24)19-13-3-5-14(6-4-13)21-17(26)10-23-8-7-15-16(9-23)27-18(22-15)20-12(2)25/h3-6H,7-10H2,1-2H3,(H,19,24)(H,21,26)(H,20,22,25). The first-order valence-corrected chi connectivity index (χ1v) is 9.37. The van der Waals surface area contributed by atoms with Gasteiger partial charge in [0.25, 0.3) is 0 Å². The number of hydrogen-bond donors (Lipinski definition) is 3. The quantitative estimate of drug-likeness (QED) is 0.729. The van der Waals surface area contributed by atoms with E-state index in [1.807, 2.05) is 0 Å². The predicted molar refractivity (Wildman–Crippen MR) is 105 cm³/mol. The number of carbonyl (C=O) groups excluding carboxylic acids is 3. The molecular weight excluding hydrogens is 366 g/mol. The molecule has 27 heavy (non-hydrogen) atoms. The molecule has 1 aromatic carbocycles. The third-order valence-corrected chi connectivity index (χ3v) is 4.95. The molecule has 1 aliphatic rings. The minimum atomic E-state index is -0.138. The van der Waals surface area contributed by atoms with Crippen LogP contribution in [0.5, 0.6) is 0 Å². The summed E-state index contributed by atoms with van der Waals surface area (Å²) in [5, 5.41) is 8.87. The van der Waals surface area contributed by atoms with E-state index in [0.29, 0.717) is 23.1 Å². The van der Waals surface area contributed by atoms with Crippen LogP contribution in [0.25, 0.3) is 0 Å². The van der Waals surface area contributed by atoms with Gasteiger partial charge in [-0.25, -0.2) is 4.98 Å². The Bertz CT molecular complexity index is 862. The second kappa shape index (κ2) is 8.28. The SMILES string of the molecule is CC(=O)Nc1ccc(NC(=O)CN2CCc3nc(NC(C)=O)sc3C2)cc1. The van der Waals surface area contributed by atoms with E-state index < -0.39 is 0 Å². The van der Waals surface area contributed by atoms with E-state index in [-0.39, 0.29) is 24.3 Å². The van der Waals surface area contributed by atoms with Crippen molar-refractivity contribution >= 4 is 45.6 Å². The Morgan fingerprint density at radius 3 is 2.30 bits per heavy atom. The van der Waals surface area contributed by atoms with E-state index in [4.69, 9.17) is 0 Å². The summed E-state index contributed by atoms with van der Waals surface area (Å²) in [6, 6.07) is 6.98. The highest BCUT2D eigenvalue weighted by atomic mass is 32.1. The maximum atomic E-state index is 12.3. The van der Waals surface area contributed by atoms with Crippen LogP contribution in [0.1, 0.15) is 24.4 Å². The van der Waals surface area contributed by atoms with Crippen molar-refractivity contribution in [3.8, 4) is 0 Å². The van der Waals surface area contributed by atoms with Crippen molar-refractivity contribution in [1.29, 1.82) is 0 Å². The molecule has 2 aromatic rings. The Labute approximate surface area is 161 Å². The average molecular weight is 387 g/mol. The number of hydrogen-bond acceptors (Lipinski definition) is 6. The van der Waals surface area contributed by atoms with Crippen LogP contribution in [0.15, 0.2) is 24.3 Å². The van der Waals surface area contributed by atoms with Crippen molar-refractivity contribution in [2.45, 2.75) is 26.8 Å². The summed E-state index contributed by atoms with van der Waals surface area (Å²) in [4.78, 5) is 42.1. The number of fused-ring (bicyclic) bond motifs is 1. The molecule has 142 valence electrons. The molecule has 9 heteroatoms. The van der Waals surface area contributed by atoms with E-state index >= 15 is 0 Å². The summed E-state index contributed by atoms with van der Waals surface area (Å²) < 4.78 is 0. The number of carbonyl (C=O) groups is 3. The van der Waals surface area contributed by atoms with Gasteiger partial charge in [-0.2, -0.15) is 0 Å². The Morgan fingerprint density at radius 2 is 1.67 bits per heavy atom. The van der Waals surface area contributed by atoms with Crippen molar-refractivity contribution in [3.05, 3.63) is 34.8 Å². The van der Waals surface area contributed by atoms with E-state index in [2.05, 4.69) is 25.8 Å². The van der Waals surface area contributed by atoms with Crippen LogP contribution in [-0.4, -0.2) is 40.7 Å². The molecule has 2 heterocycles. The minimum Gasteiger partial charge on any atom is -0.326 e. The fraction of sp³-hybridized carbons (Fsp3) is 0.333.